The lowest BCUT2D eigenvalue weighted by atomic mass is 10.1. The van der Waals surface area contributed by atoms with Gasteiger partial charge in [-0.15, -0.1) is 0 Å². The molecule has 3 heteroatoms. The fourth-order valence-electron chi connectivity index (χ4n) is 2.75. The number of hydrogen-bond donors (Lipinski definition) is 1. The molecule has 1 aromatic rings. The highest BCUT2D eigenvalue weighted by atomic mass is 35.5. The van der Waals surface area contributed by atoms with Crippen LogP contribution in [0, 0.1) is 11.8 Å². The molecule has 1 aromatic carbocycles. The van der Waals surface area contributed by atoms with Crippen molar-refractivity contribution in [3.05, 3.63) is 28.8 Å². The molecule has 2 fully saturated rings. The standard InChI is InChI=1S/C17H25ClN2/c1-12(19)8-15-6-7-16(9-17(15)18)20(10-13-2-3-13)11-14-4-5-14/h6-7,9,12-14H,2-5,8,10-11,19H2,1H3. The van der Waals surface area contributed by atoms with Crippen molar-refractivity contribution in [2.24, 2.45) is 17.6 Å². The van der Waals surface area contributed by atoms with Gasteiger partial charge in [0.25, 0.3) is 0 Å². The number of halogens is 1. The van der Waals surface area contributed by atoms with Crippen LogP contribution in [-0.2, 0) is 6.42 Å². The second kappa shape index (κ2) is 5.95. The molecule has 3 rings (SSSR count). The van der Waals surface area contributed by atoms with Gasteiger partial charge in [-0.25, -0.2) is 0 Å². The van der Waals surface area contributed by atoms with Crippen molar-refractivity contribution >= 4 is 17.3 Å². The number of nitrogens with two attached hydrogens (primary N) is 1. The minimum absolute atomic E-state index is 0.160. The van der Waals surface area contributed by atoms with Crippen LogP contribution < -0.4 is 10.6 Å². The molecule has 0 aromatic heterocycles. The molecule has 0 radical (unpaired) electrons. The minimum atomic E-state index is 0.160. The van der Waals surface area contributed by atoms with E-state index in [1.807, 2.05) is 6.92 Å². The van der Waals surface area contributed by atoms with Crippen molar-refractivity contribution in [1.82, 2.24) is 0 Å². The van der Waals surface area contributed by atoms with Gasteiger partial charge in [0.05, 0.1) is 0 Å². The highest BCUT2D eigenvalue weighted by molar-refractivity contribution is 6.31. The van der Waals surface area contributed by atoms with Crippen LogP contribution in [0.15, 0.2) is 18.2 Å². The van der Waals surface area contributed by atoms with E-state index in [9.17, 15) is 0 Å². The molecule has 0 spiro atoms. The van der Waals surface area contributed by atoms with E-state index in [4.69, 9.17) is 17.3 Å². The maximum atomic E-state index is 6.44. The van der Waals surface area contributed by atoms with E-state index in [0.717, 1.165) is 23.3 Å². The third-order valence-electron chi connectivity index (χ3n) is 4.29. The van der Waals surface area contributed by atoms with Gasteiger partial charge in [-0.3, -0.25) is 0 Å². The second-order valence-corrected chi connectivity index (χ2v) is 7.16. The largest absolute Gasteiger partial charge is 0.371 e. The average Bonchev–Trinajstić information content (AvgIpc) is 3.25. The Labute approximate surface area is 127 Å². The summed E-state index contributed by atoms with van der Waals surface area (Å²) >= 11 is 6.44. The van der Waals surface area contributed by atoms with E-state index in [1.165, 1.54) is 50.0 Å². The molecule has 0 bridgehead atoms. The van der Waals surface area contributed by atoms with E-state index >= 15 is 0 Å². The van der Waals surface area contributed by atoms with Crippen molar-refractivity contribution < 1.29 is 0 Å². The summed E-state index contributed by atoms with van der Waals surface area (Å²) in [5.74, 6) is 1.83. The molecule has 2 aliphatic rings. The van der Waals surface area contributed by atoms with Crippen LogP contribution in [0.3, 0.4) is 0 Å². The quantitative estimate of drug-likeness (QED) is 0.827. The number of anilines is 1. The number of nitrogens with zero attached hydrogens (tertiary/aromatic N) is 1. The van der Waals surface area contributed by atoms with E-state index in [-0.39, 0.29) is 6.04 Å². The van der Waals surface area contributed by atoms with Crippen molar-refractivity contribution in [2.45, 2.75) is 45.1 Å². The minimum Gasteiger partial charge on any atom is -0.371 e. The van der Waals surface area contributed by atoms with Gasteiger partial charge in [0.15, 0.2) is 0 Å². The number of benzene rings is 1. The first-order valence-corrected chi connectivity index (χ1v) is 8.28. The molecule has 1 atom stereocenters. The summed E-state index contributed by atoms with van der Waals surface area (Å²) in [6.07, 6.45) is 6.45. The molecule has 0 aliphatic heterocycles. The normalized spacial score (nSPS) is 19.9. The van der Waals surface area contributed by atoms with Crippen molar-refractivity contribution in [1.29, 1.82) is 0 Å². The molecule has 20 heavy (non-hydrogen) atoms. The van der Waals surface area contributed by atoms with Crippen LogP contribution in [0.4, 0.5) is 5.69 Å². The van der Waals surface area contributed by atoms with Crippen LogP contribution >= 0.6 is 11.6 Å². The van der Waals surface area contributed by atoms with Crippen LogP contribution in [0.25, 0.3) is 0 Å². The fourth-order valence-corrected chi connectivity index (χ4v) is 3.01. The summed E-state index contributed by atoms with van der Waals surface area (Å²) in [6, 6.07) is 6.69. The maximum absolute atomic E-state index is 6.44. The summed E-state index contributed by atoms with van der Waals surface area (Å²) in [4.78, 5) is 2.55. The Morgan fingerprint density at radius 2 is 1.80 bits per heavy atom. The summed E-state index contributed by atoms with van der Waals surface area (Å²) in [6.45, 7) is 4.44. The molecule has 2 saturated carbocycles. The maximum Gasteiger partial charge on any atom is 0.0459 e. The van der Waals surface area contributed by atoms with Crippen LogP contribution in [-0.4, -0.2) is 19.1 Å². The molecule has 110 valence electrons. The monoisotopic (exact) mass is 292 g/mol. The first kappa shape index (κ1) is 14.2. The lowest BCUT2D eigenvalue weighted by Crippen LogP contribution is -2.28. The fraction of sp³-hybridized carbons (Fsp3) is 0.647. The Balaban J connectivity index is 1.73. The van der Waals surface area contributed by atoms with Crippen LogP contribution in [0.1, 0.15) is 38.2 Å². The van der Waals surface area contributed by atoms with Gasteiger partial charge in [-0.05, 0) is 68.6 Å². The van der Waals surface area contributed by atoms with Crippen molar-refractivity contribution in [2.75, 3.05) is 18.0 Å². The Hall–Kier alpha value is -0.730. The van der Waals surface area contributed by atoms with Crippen molar-refractivity contribution in [3.63, 3.8) is 0 Å². The zero-order chi connectivity index (χ0) is 14.1. The van der Waals surface area contributed by atoms with Gasteiger partial charge in [0.1, 0.15) is 0 Å². The van der Waals surface area contributed by atoms with E-state index in [1.54, 1.807) is 0 Å². The van der Waals surface area contributed by atoms with Crippen molar-refractivity contribution in [3.8, 4) is 0 Å². The summed E-state index contributed by atoms with van der Waals surface area (Å²) in [5.41, 5.74) is 8.33. The molecule has 0 amide bonds. The topological polar surface area (TPSA) is 29.3 Å². The average molecular weight is 293 g/mol. The third-order valence-corrected chi connectivity index (χ3v) is 4.65. The summed E-state index contributed by atoms with van der Waals surface area (Å²) in [5, 5.41) is 0.872. The van der Waals surface area contributed by atoms with Gasteiger partial charge >= 0.3 is 0 Å². The molecule has 2 nitrogen and oxygen atoms in total. The lowest BCUT2D eigenvalue weighted by Gasteiger charge is -2.25. The van der Waals surface area contributed by atoms with E-state index < -0.39 is 0 Å². The highest BCUT2D eigenvalue weighted by Gasteiger charge is 2.29. The molecule has 0 heterocycles. The Morgan fingerprint density at radius 3 is 2.25 bits per heavy atom. The smallest absolute Gasteiger partial charge is 0.0459 e. The SMILES string of the molecule is CC(N)Cc1ccc(N(CC2CC2)CC2CC2)cc1Cl. The Morgan fingerprint density at radius 1 is 1.20 bits per heavy atom. The molecule has 1 unspecified atom stereocenters. The second-order valence-electron chi connectivity index (χ2n) is 6.75. The van der Waals surface area contributed by atoms with Gasteiger partial charge in [-0.1, -0.05) is 17.7 Å². The summed E-state index contributed by atoms with van der Waals surface area (Å²) in [7, 11) is 0. The number of hydrogen-bond acceptors (Lipinski definition) is 2. The highest BCUT2D eigenvalue weighted by Crippen LogP contribution is 2.36. The van der Waals surface area contributed by atoms with E-state index in [0.29, 0.717) is 0 Å². The predicted octanol–water partition coefficient (Wildman–Crippen LogP) is 3.86. The molecular weight excluding hydrogens is 268 g/mol. The summed E-state index contributed by atoms with van der Waals surface area (Å²) < 4.78 is 0. The first-order valence-electron chi connectivity index (χ1n) is 7.91. The predicted molar refractivity (Wildman–Crippen MR) is 86.5 cm³/mol. The zero-order valence-electron chi connectivity index (χ0n) is 12.3. The van der Waals surface area contributed by atoms with Gasteiger partial charge in [0.2, 0.25) is 0 Å². The molecule has 2 aliphatic carbocycles. The van der Waals surface area contributed by atoms with Crippen LogP contribution in [0.2, 0.25) is 5.02 Å². The first-order chi connectivity index (χ1) is 9.61. The Kier molecular flexibility index (Phi) is 4.23. The van der Waals surface area contributed by atoms with Crippen LogP contribution in [0.5, 0.6) is 0 Å². The van der Waals surface area contributed by atoms with Gasteiger partial charge < -0.3 is 10.6 Å². The molecule has 0 saturated heterocycles. The number of rotatable bonds is 7. The zero-order valence-corrected chi connectivity index (χ0v) is 13.1. The molecular formula is C17H25ClN2. The van der Waals surface area contributed by atoms with Gasteiger partial charge in [-0.2, -0.15) is 0 Å². The van der Waals surface area contributed by atoms with Gasteiger partial charge in [0, 0.05) is 29.8 Å². The third kappa shape index (κ3) is 3.89. The lowest BCUT2D eigenvalue weighted by molar-refractivity contribution is 0.679. The van der Waals surface area contributed by atoms with E-state index in [2.05, 4.69) is 23.1 Å². The Bertz CT molecular complexity index is 450. The molecule has 2 N–H and O–H groups in total.